The van der Waals surface area contributed by atoms with Crippen LogP contribution in [0.5, 0.6) is 0 Å². The predicted molar refractivity (Wildman–Crippen MR) is 56.8 cm³/mol. The number of nitrogens with zero attached hydrogens (tertiary/aromatic N) is 3. The van der Waals surface area contributed by atoms with E-state index in [1.165, 1.54) is 4.68 Å². The van der Waals surface area contributed by atoms with Crippen LogP contribution in [0.4, 0.5) is 0 Å². The van der Waals surface area contributed by atoms with Crippen LogP contribution in [0.2, 0.25) is 0 Å². The summed E-state index contributed by atoms with van der Waals surface area (Å²) in [5.41, 5.74) is 0. The molecule has 15 heavy (non-hydrogen) atoms. The first-order valence-corrected chi connectivity index (χ1v) is 5.27. The maximum absolute atomic E-state index is 11.9. The Bertz CT molecular complexity index is 316. The van der Waals surface area contributed by atoms with Crippen molar-refractivity contribution in [2.45, 2.75) is 13.0 Å². The predicted octanol–water partition coefficient (Wildman–Crippen LogP) is -0.183. The van der Waals surface area contributed by atoms with E-state index in [4.69, 9.17) is 0 Å². The number of aromatic nitrogens is 2. The number of rotatable bonds is 2. The van der Waals surface area contributed by atoms with E-state index in [1.54, 1.807) is 18.5 Å². The average Bonchev–Trinajstić information content (AvgIpc) is 2.82. The fraction of sp³-hybridized carbons (Fsp3) is 0.600. The van der Waals surface area contributed by atoms with E-state index in [9.17, 15) is 4.79 Å². The van der Waals surface area contributed by atoms with Crippen LogP contribution in [0.1, 0.15) is 11.7 Å². The topological polar surface area (TPSA) is 50.2 Å². The molecule has 0 saturated carbocycles. The summed E-state index contributed by atoms with van der Waals surface area (Å²) in [5, 5.41) is 7.22. The summed E-state index contributed by atoms with van der Waals surface area (Å²) in [5.74, 6) is 0.0434. The lowest BCUT2D eigenvalue weighted by molar-refractivity contribution is 0.0715. The number of carbonyl (C=O) groups is 1. The first-order valence-electron chi connectivity index (χ1n) is 5.27. The Balaban J connectivity index is 2.00. The van der Waals surface area contributed by atoms with Crippen LogP contribution in [0.25, 0.3) is 0 Å². The van der Waals surface area contributed by atoms with Crippen molar-refractivity contribution in [1.29, 1.82) is 0 Å². The average molecular weight is 208 g/mol. The molecular formula is C10H16N4O. The Kier molecular flexibility index (Phi) is 3.13. The molecule has 1 fully saturated rings. The highest BCUT2D eigenvalue weighted by Gasteiger charge is 2.23. The normalized spacial score (nSPS) is 20.1. The van der Waals surface area contributed by atoms with Gasteiger partial charge in [-0.1, -0.05) is 0 Å². The molecule has 0 aliphatic carbocycles. The van der Waals surface area contributed by atoms with Crippen LogP contribution >= 0.6 is 0 Å². The molecule has 1 N–H and O–H groups in total. The zero-order valence-corrected chi connectivity index (χ0v) is 8.89. The highest BCUT2D eigenvalue weighted by atomic mass is 16.2. The molecule has 82 valence electrons. The second-order valence-electron chi connectivity index (χ2n) is 3.75. The van der Waals surface area contributed by atoms with Gasteiger partial charge >= 0.3 is 0 Å². The minimum Gasteiger partial charge on any atom is -0.314 e. The quantitative estimate of drug-likeness (QED) is 0.732. The van der Waals surface area contributed by atoms with Gasteiger partial charge < -0.3 is 5.32 Å². The van der Waals surface area contributed by atoms with Crippen molar-refractivity contribution in [2.75, 3.05) is 26.2 Å². The van der Waals surface area contributed by atoms with E-state index in [0.29, 0.717) is 0 Å². The van der Waals surface area contributed by atoms with Crippen molar-refractivity contribution in [3.05, 3.63) is 18.5 Å². The van der Waals surface area contributed by atoms with Crippen molar-refractivity contribution < 1.29 is 4.79 Å². The van der Waals surface area contributed by atoms with Gasteiger partial charge in [0.1, 0.15) is 0 Å². The van der Waals surface area contributed by atoms with Crippen molar-refractivity contribution in [3.63, 3.8) is 0 Å². The Morgan fingerprint density at radius 3 is 2.80 bits per heavy atom. The number of hydrogen-bond donors (Lipinski definition) is 1. The van der Waals surface area contributed by atoms with Gasteiger partial charge in [-0.15, -0.1) is 0 Å². The summed E-state index contributed by atoms with van der Waals surface area (Å²) in [6.07, 6.45) is 3.32. The van der Waals surface area contributed by atoms with Crippen LogP contribution in [0, 0.1) is 0 Å². The van der Waals surface area contributed by atoms with E-state index < -0.39 is 0 Å². The third-order valence-corrected chi connectivity index (χ3v) is 2.79. The zero-order chi connectivity index (χ0) is 10.7. The van der Waals surface area contributed by atoms with Gasteiger partial charge in [0.15, 0.2) is 0 Å². The van der Waals surface area contributed by atoms with Gasteiger partial charge in [-0.2, -0.15) is 5.10 Å². The molecule has 0 bridgehead atoms. The molecule has 5 nitrogen and oxygen atoms in total. The van der Waals surface area contributed by atoms with Crippen molar-refractivity contribution >= 4 is 5.91 Å². The fourth-order valence-electron chi connectivity index (χ4n) is 1.82. The Morgan fingerprint density at radius 1 is 1.47 bits per heavy atom. The smallest absolute Gasteiger partial charge is 0.263 e. The summed E-state index contributed by atoms with van der Waals surface area (Å²) in [4.78, 5) is 14.1. The molecule has 1 unspecified atom stereocenters. The van der Waals surface area contributed by atoms with E-state index >= 15 is 0 Å². The molecule has 1 aliphatic heterocycles. The molecule has 0 radical (unpaired) electrons. The number of carbonyl (C=O) groups excluding carboxylic acids is 1. The van der Waals surface area contributed by atoms with Crippen molar-refractivity contribution in [2.24, 2.45) is 0 Å². The van der Waals surface area contributed by atoms with Crippen molar-refractivity contribution in [3.8, 4) is 0 Å². The minimum absolute atomic E-state index is 0.0434. The van der Waals surface area contributed by atoms with Gasteiger partial charge in [-0.3, -0.25) is 9.69 Å². The molecule has 1 aromatic heterocycles. The van der Waals surface area contributed by atoms with Crippen molar-refractivity contribution in [1.82, 2.24) is 20.0 Å². The first kappa shape index (κ1) is 10.3. The third-order valence-electron chi connectivity index (χ3n) is 2.79. The van der Waals surface area contributed by atoms with E-state index in [-0.39, 0.29) is 11.9 Å². The second-order valence-corrected chi connectivity index (χ2v) is 3.75. The molecule has 1 aliphatic rings. The van der Waals surface area contributed by atoms with Gasteiger partial charge in [-0.25, -0.2) is 4.68 Å². The molecule has 1 saturated heterocycles. The SMILES string of the molecule is CC(C(=O)n1cccn1)N1CCNCC1. The molecular weight excluding hydrogens is 192 g/mol. The van der Waals surface area contributed by atoms with Gasteiger partial charge in [0, 0.05) is 38.6 Å². The third kappa shape index (κ3) is 2.24. The summed E-state index contributed by atoms with van der Waals surface area (Å²) in [6, 6.07) is 1.68. The summed E-state index contributed by atoms with van der Waals surface area (Å²) in [7, 11) is 0. The van der Waals surface area contributed by atoms with E-state index in [1.807, 2.05) is 6.92 Å². The highest BCUT2D eigenvalue weighted by molar-refractivity contribution is 5.82. The lowest BCUT2D eigenvalue weighted by atomic mass is 10.2. The zero-order valence-electron chi connectivity index (χ0n) is 8.89. The van der Waals surface area contributed by atoms with E-state index in [2.05, 4.69) is 15.3 Å². The van der Waals surface area contributed by atoms with Crippen LogP contribution < -0.4 is 5.32 Å². The first-order chi connectivity index (χ1) is 7.29. The van der Waals surface area contributed by atoms with Gasteiger partial charge in [0.25, 0.3) is 5.91 Å². The van der Waals surface area contributed by atoms with Gasteiger partial charge in [0.2, 0.25) is 0 Å². The van der Waals surface area contributed by atoms with Crippen LogP contribution in [-0.4, -0.2) is 52.8 Å². The van der Waals surface area contributed by atoms with Crippen LogP contribution in [0.15, 0.2) is 18.5 Å². The Labute approximate surface area is 89.1 Å². The standard InChI is InChI=1S/C10H16N4O/c1-9(13-7-4-11-5-8-13)10(15)14-6-2-3-12-14/h2-3,6,9,11H,4-5,7-8H2,1H3. The van der Waals surface area contributed by atoms with Gasteiger partial charge in [-0.05, 0) is 13.0 Å². The molecule has 2 heterocycles. The summed E-state index contributed by atoms with van der Waals surface area (Å²) < 4.78 is 1.41. The lowest BCUT2D eigenvalue weighted by Crippen LogP contribution is -2.51. The largest absolute Gasteiger partial charge is 0.314 e. The number of nitrogens with one attached hydrogen (secondary N) is 1. The molecule has 2 rings (SSSR count). The molecule has 1 atom stereocenters. The Morgan fingerprint density at radius 2 is 2.20 bits per heavy atom. The monoisotopic (exact) mass is 208 g/mol. The summed E-state index contributed by atoms with van der Waals surface area (Å²) >= 11 is 0. The molecule has 0 amide bonds. The van der Waals surface area contributed by atoms with Crippen LogP contribution in [-0.2, 0) is 0 Å². The highest BCUT2D eigenvalue weighted by Crippen LogP contribution is 2.03. The molecule has 0 aromatic carbocycles. The maximum atomic E-state index is 11.9. The Hall–Kier alpha value is -1.20. The fourth-order valence-corrected chi connectivity index (χ4v) is 1.82. The van der Waals surface area contributed by atoms with Crippen LogP contribution in [0.3, 0.4) is 0 Å². The molecule has 0 spiro atoms. The second kappa shape index (κ2) is 4.55. The molecule has 5 heteroatoms. The summed E-state index contributed by atoms with van der Waals surface area (Å²) in [6.45, 7) is 5.70. The van der Waals surface area contributed by atoms with E-state index in [0.717, 1.165) is 26.2 Å². The lowest BCUT2D eigenvalue weighted by Gasteiger charge is -2.31. The number of piperazine rings is 1. The van der Waals surface area contributed by atoms with Gasteiger partial charge in [0.05, 0.1) is 6.04 Å². The maximum Gasteiger partial charge on any atom is 0.263 e. The minimum atomic E-state index is -0.0907. The molecule has 1 aromatic rings. The number of hydrogen-bond acceptors (Lipinski definition) is 4.